The summed E-state index contributed by atoms with van der Waals surface area (Å²) in [4.78, 5) is 9.24. The number of anilines is 1. The van der Waals surface area contributed by atoms with Gasteiger partial charge in [0.25, 0.3) is 0 Å². The fraction of sp³-hybridized carbons (Fsp3) is 0.185. The van der Waals surface area contributed by atoms with E-state index >= 15 is 0 Å². The molecule has 0 aliphatic carbocycles. The molecule has 0 fully saturated rings. The van der Waals surface area contributed by atoms with Crippen LogP contribution in [0.15, 0.2) is 78.9 Å². The average Bonchev–Trinajstić information content (AvgIpc) is 3.42. The van der Waals surface area contributed by atoms with Gasteiger partial charge < -0.3 is 10.8 Å². The van der Waals surface area contributed by atoms with Gasteiger partial charge in [-0.1, -0.05) is 54.6 Å². The first-order valence-corrected chi connectivity index (χ1v) is 13.2. The van der Waals surface area contributed by atoms with Gasteiger partial charge in [-0.3, -0.25) is 4.57 Å². The van der Waals surface area contributed by atoms with Gasteiger partial charge in [-0.2, -0.15) is 0 Å². The molecule has 0 aliphatic rings. The molecule has 8 nitrogen and oxygen atoms in total. The maximum absolute atomic E-state index is 13.1. The number of aliphatic hydroxyl groups excluding tert-OH is 1. The molecule has 9 heteroatoms. The summed E-state index contributed by atoms with van der Waals surface area (Å²) in [6.45, 7) is 3.17. The second-order valence-corrected chi connectivity index (χ2v) is 11.1. The first-order valence-electron chi connectivity index (χ1n) is 11.7. The molecule has 0 bridgehead atoms. The predicted molar refractivity (Wildman–Crippen MR) is 142 cm³/mol. The lowest BCUT2D eigenvalue weighted by molar-refractivity contribution is 0.296. The monoisotopic (exact) mass is 501 g/mol. The van der Waals surface area contributed by atoms with Crippen LogP contribution in [0.4, 0.5) is 5.95 Å². The summed E-state index contributed by atoms with van der Waals surface area (Å²) in [5, 5.41) is 9.13. The number of nitrogens with two attached hydrogens (primary N) is 1. The van der Waals surface area contributed by atoms with Gasteiger partial charge in [-0.05, 0) is 38.1 Å². The van der Waals surface area contributed by atoms with Gasteiger partial charge in [0.2, 0.25) is 16.0 Å². The maximum Gasteiger partial charge on any atom is 0.244 e. The number of hydrogen-bond acceptors (Lipinski definition) is 6. The molecule has 0 aliphatic heterocycles. The van der Waals surface area contributed by atoms with Gasteiger partial charge in [0.05, 0.1) is 34.3 Å². The van der Waals surface area contributed by atoms with Gasteiger partial charge in [-0.25, -0.2) is 22.4 Å². The second-order valence-electron chi connectivity index (χ2n) is 8.77. The molecule has 3 N–H and O–H groups in total. The standard InChI is InChI=1S/C27H27N5O3S/c1-18(2)36(34,35)32-23-17-20(13-14-22(23)29-27(32)28)26-25(19-9-5-3-6-10-19)30-24(15-16-33)31(26)21-11-7-4-8-12-21/h3-14,17-18,33H,15-16H2,1-2H3,(H2,28,29). The Morgan fingerprint density at radius 2 is 1.58 bits per heavy atom. The second kappa shape index (κ2) is 9.25. The highest BCUT2D eigenvalue weighted by atomic mass is 32.2. The third kappa shape index (κ3) is 3.96. The number of aliphatic hydroxyl groups is 1. The van der Waals surface area contributed by atoms with Crippen molar-refractivity contribution < 1.29 is 13.5 Å². The number of imidazole rings is 2. The van der Waals surface area contributed by atoms with Crippen molar-refractivity contribution in [3.63, 3.8) is 0 Å². The Morgan fingerprint density at radius 3 is 2.22 bits per heavy atom. The highest BCUT2D eigenvalue weighted by molar-refractivity contribution is 7.90. The lowest BCUT2D eigenvalue weighted by atomic mass is 10.0. The summed E-state index contributed by atoms with van der Waals surface area (Å²) in [5.41, 5.74) is 11.0. The molecule has 2 heterocycles. The van der Waals surface area contributed by atoms with Crippen LogP contribution in [-0.4, -0.2) is 43.9 Å². The van der Waals surface area contributed by atoms with Crippen LogP contribution < -0.4 is 5.73 Å². The molecule has 5 rings (SSSR count). The molecule has 0 saturated carbocycles. The number of para-hydroxylation sites is 1. The molecule has 0 amide bonds. The fourth-order valence-electron chi connectivity index (χ4n) is 4.35. The van der Waals surface area contributed by atoms with E-state index in [0.29, 0.717) is 23.3 Å². The molecule has 3 aromatic carbocycles. The Kier molecular flexibility index (Phi) is 6.11. The molecular formula is C27H27N5O3S. The quantitative estimate of drug-likeness (QED) is 0.344. The lowest BCUT2D eigenvalue weighted by Gasteiger charge is -2.14. The Balaban J connectivity index is 1.86. The van der Waals surface area contributed by atoms with Crippen molar-refractivity contribution in [2.45, 2.75) is 25.5 Å². The Labute approximate surface area is 209 Å². The van der Waals surface area contributed by atoms with E-state index < -0.39 is 15.3 Å². The SMILES string of the molecule is CC(C)S(=O)(=O)n1c(N)nc2ccc(-c3c(-c4ccccc4)nc(CCO)n3-c3ccccc3)cc21. The minimum Gasteiger partial charge on any atom is -0.396 e. The van der Waals surface area contributed by atoms with Crippen LogP contribution in [0.2, 0.25) is 0 Å². The zero-order valence-electron chi connectivity index (χ0n) is 20.0. The van der Waals surface area contributed by atoms with Crippen molar-refractivity contribution in [2.24, 2.45) is 0 Å². The first-order chi connectivity index (χ1) is 17.3. The summed E-state index contributed by atoms with van der Waals surface area (Å²) in [6.07, 6.45) is 0.351. The topological polar surface area (TPSA) is 116 Å². The van der Waals surface area contributed by atoms with Crippen molar-refractivity contribution in [3.8, 4) is 28.2 Å². The van der Waals surface area contributed by atoms with E-state index in [4.69, 9.17) is 10.7 Å². The number of nitrogen functional groups attached to an aromatic ring is 1. The van der Waals surface area contributed by atoms with E-state index in [0.717, 1.165) is 32.2 Å². The van der Waals surface area contributed by atoms with E-state index in [-0.39, 0.29) is 12.6 Å². The van der Waals surface area contributed by atoms with Crippen molar-refractivity contribution in [3.05, 3.63) is 84.7 Å². The van der Waals surface area contributed by atoms with Crippen molar-refractivity contribution in [1.29, 1.82) is 0 Å². The van der Waals surface area contributed by atoms with Gasteiger partial charge in [0.15, 0.2) is 0 Å². The van der Waals surface area contributed by atoms with Crippen LogP contribution in [0, 0.1) is 0 Å². The number of hydrogen-bond donors (Lipinski definition) is 2. The van der Waals surface area contributed by atoms with Gasteiger partial charge >= 0.3 is 0 Å². The number of aromatic nitrogens is 4. The summed E-state index contributed by atoms with van der Waals surface area (Å²) in [7, 11) is -3.74. The van der Waals surface area contributed by atoms with Crippen LogP contribution in [0.3, 0.4) is 0 Å². The molecule has 184 valence electrons. The smallest absolute Gasteiger partial charge is 0.244 e. The van der Waals surface area contributed by atoms with E-state index in [2.05, 4.69) is 4.98 Å². The minimum absolute atomic E-state index is 0.0630. The Bertz CT molecular complexity index is 1640. The molecule has 5 aromatic rings. The van der Waals surface area contributed by atoms with E-state index in [9.17, 15) is 13.5 Å². The summed E-state index contributed by atoms with van der Waals surface area (Å²) < 4.78 is 29.4. The number of fused-ring (bicyclic) bond motifs is 1. The third-order valence-corrected chi connectivity index (χ3v) is 8.19. The van der Waals surface area contributed by atoms with Crippen molar-refractivity contribution >= 4 is 27.0 Å². The average molecular weight is 502 g/mol. The zero-order valence-corrected chi connectivity index (χ0v) is 20.9. The molecule has 36 heavy (non-hydrogen) atoms. The predicted octanol–water partition coefficient (Wildman–Crippen LogP) is 4.26. The van der Waals surface area contributed by atoms with Crippen LogP contribution in [-0.2, 0) is 16.4 Å². The molecular weight excluding hydrogens is 474 g/mol. The van der Waals surface area contributed by atoms with Crippen molar-refractivity contribution in [2.75, 3.05) is 12.3 Å². The Morgan fingerprint density at radius 1 is 0.917 bits per heavy atom. The van der Waals surface area contributed by atoms with Gasteiger partial charge in [0, 0.05) is 23.2 Å². The minimum atomic E-state index is -3.74. The molecule has 0 radical (unpaired) electrons. The zero-order chi connectivity index (χ0) is 25.4. The van der Waals surface area contributed by atoms with Crippen LogP contribution in [0.5, 0.6) is 0 Å². The molecule has 0 saturated heterocycles. The summed E-state index contributed by atoms with van der Waals surface area (Å²) in [6, 6.07) is 25.0. The highest BCUT2D eigenvalue weighted by Gasteiger charge is 2.26. The third-order valence-electron chi connectivity index (χ3n) is 6.10. The van der Waals surface area contributed by atoms with E-state index in [1.54, 1.807) is 26.0 Å². The van der Waals surface area contributed by atoms with E-state index in [1.165, 1.54) is 0 Å². The maximum atomic E-state index is 13.1. The summed E-state index contributed by atoms with van der Waals surface area (Å²) in [5.74, 6) is 0.622. The van der Waals surface area contributed by atoms with Crippen molar-refractivity contribution in [1.82, 2.24) is 18.5 Å². The Hall–Kier alpha value is -3.95. The molecule has 2 aromatic heterocycles. The largest absolute Gasteiger partial charge is 0.396 e. The fourth-order valence-corrected chi connectivity index (χ4v) is 5.50. The lowest BCUT2D eigenvalue weighted by Crippen LogP contribution is -2.23. The van der Waals surface area contributed by atoms with E-state index in [1.807, 2.05) is 71.3 Å². The van der Waals surface area contributed by atoms with Crippen LogP contribution in [0.25, 0.3) is 39.2 Å². The highest BCUT2D eigenvalue weighted by Crippen LogP contribution is 2.37. The summed E-state index contributed by atoms with van der Waals surface area (Å²) >= 11 is 0. The number of rotatable bonds is 7. The van der Waals surface area contributed by atoms with Gasteiger partial charge in [-0.15, -0.1) is 0 Å². The molecule has 0 spiro atoms. The first kappa shape index (κ1) is 23.8. The number of benzene rings is 3. The van der Waals surface area contributed by atoms with Gasteiger partial charge in [0.1, 0.15) is 5.82 Å². The van der Waals surface area contributed by atoms with Crippen LogP contribution >= 0.6 is 0 Å². The molecule has 0 atom stereocenters. The number of nitrogens with zero attached hydrogens (tertiary/aromatic N) is 4. The molecule has 0 unspecified atom stereocenters. The normalized spacial score (nSPS) is 12.0. The van der Waals surface area contributed by atoms with Crippen LogP contribution in [0.1, 0.15) is 19.7 Å².